The van der Waals surface area contributed by atoms with Crippen LogP contribution in [0.1, 0.15) is 6.42 Å². The van der Waals surface area contributed by atoms with Crippen LogP contribution in [0.4, 0.5) is 5.13 Å². The zero-order valence-corrected chi connectivity index (χ0v) is 15.3. The quantitative estimate of drug-likeness (QED) is 0.719. The number of ether oxygens (including phenoxy) is 2. The van der Waals surface area contributed by atoms with Crippen LogP contribution in [0.5, 0.6) is 11.5 Å². The number of hydrogen-bond donors (Lipinski definition) is 2. The van der Waals surface area contributed by atoms with Gasteiger partial charge < -0.3 is 20.1 Å². The van der Waals surface area contributed by atoms with Crippen molar-refractivity contribution in [2.75, 3.05) is 25.2 Å². The van der Waals surface area contributed by atoms with Gasteiger partial charge in [0.15, 0.2) is 22.6 Å². The molecule has 2 aliphatic rings. The number of anilines is 1. The summed E-state index contributed by atoms with van der Waals surface area (Å²) >= 11 is 3.13. The Morgan fingerprint density at radius 3 is 2.85 bits per heavy atom. The van der Waals surface area contributed by atoms with Gasteiger partial charge in [-0.05, 0) is 24.6 Å². The summed E-state index contributed by atoms with van der Waals surface area (Å²) in [6.45, 7) is 2.06. The first-order chi connectivity index (χ1) is 12.8. The molecule has 9 heteroatoms. The third-order valence-corrected chi connectivity index (χ3v) is 5.66. The summed E-state index contributed by atoms with van der Waals surface area (Å²) in [4.78, 5) is 13.8. The third kappa shape index (κ3) is 2.99. The summed E-state index contributed by atoms with van der Waals surface area (Å²) in [6, 6.07) is 5.88. The number of guanidine groups is 1. The highest BCUT2D eigenvalue weighted by Crippen LogP contribution is 2.37. The van der Waals surface area contributed by atoms with E-state index in [1.54, 1.807) is 22.7 Å². The van der Waals surface area contributed by atoms with Gasteiger partial charge in [0.25, 0.3) is 0 Å². The van der Waals surface area contributed by atoms with Crippen molar-refractivity contribution in [3.63, 3.8) is 0 Å². The van der Waals surface area contributed by atoms with E-state index in [1.165, 1.54) is 0 Å². The summed E-state index contributed by atoms with van der Waals surface area (Å²) in [6.07, 6.45) is 1.07. The lowest BCUT2D eigenvalue weighted by atomic mass is 10.2. The van der Waals surface area contributed by atoms with Gasteiger partial charge in [-0.1, -0.05) is 0 Å². The second kappa shape index (κ2) is 6.58. The fourth-order valence-corrected chi connectivity index (χ4v) is 4.23. The Hall–Kier alpha value is -2.65. The Morgan fingerprint density at radius 2 is 1.92 bits per heavy atom. The molecule has 0 saturated carbocycles. The van der Waals surface area contributed by atoms with Crippen molar-refractivity contribution in [2.45, 2.75) is 6.42 Å². The summed E-state index contributed by atoms with van der Waals surface area (Å²) in [7, 11) is 0. The molecule has 2 aromatic heterocycles. The van der Waals surface area contributed by atoms with Gasteiger partial charge in [-0.3, -0.25) is 4.99 Å². The van der Waals surface area contributed by atoms with E-state index < -0.39 is 0 Å². The molecule has 4 heterocycles. The van der Waals surface area contributed by atoms with Gasteiger partial charge >= 0.3 is 0 Å². The number of thiazole rings is 2. The number of hydrogen-bond acceptors (Lipinski definition) is 9. The maximum Gasteiger partial charge on any atom is 0.231 e. The van der Waals surface area contributed by atoms with Crippen LogP contribution in [0.2, 0.25) is 0 Å². The van der Waals surface area contributed by atoms with E-state index in [1.807, 2.05) is 29.0 Å². The molecule has 2 N–H and O–H groups in total. The molecule has 132 valence electrons. The lowest BCUT2D eigenvalue weighted by Gasteiger charge is -2.13. The van der Waals surface area contributed by atoms with Crippen molar-refractivity contribution in [3.05, 3.63) is 29.0 Å². The topological polar surface area (TPSA) is 80.7 Å². The highest BCUT2D eigenvalue weighted by Gasteiger charge is 2.16. The molecule has 7 nitrogen and oxygen atoms in total. The number of nitrogens with zero attached hydrogens (tertiary/aromatic N) is 3. The van der Waals surface area contributed by atoms with E-state index in [-0.39, 0.29) is 6.79 Å². The normalized spacial score (nSPS) is 15.5. The van der Waals surface area contributed by atoms with Crippen LogP contribution in [0.25, 0.3) is 22.0 Å². The first-order valence-electron chi connectivity index (χ1n) is 8.22. The molecule has 0 unspecified atom stereocenters. The highest BCUT2D eigenvalue weighted by atomic mass is 32.1. The van der Waals surface area contributed by atoms with Crippen molar-refractivity contribution >= 4 is 33.8 Å². The average molecular weight is 385 g/mol. The minimum atomic E-state index is 0.274. The average Bonchev–Trinajstić information content (AvgIpc) is 3.42. The smallest absolute Gasteiger partial charge is 0.231 e. The molecule has 0 spiro atoms. The molecule has 0 radical (unpaired) electrons. The van der Waals surface area contributed by atoms with E-state index in [0.717, 1.165) is 64.1 Å². The number of aliphatic imine (C=N–C) groups is 1. The van der Waals surface area contributed by atoms with E-state index in [0.29, 0.717) is 0 Å². The summed E-state index contributed by atoms with van der Waals surface area (Å²) in [5.74, 6) is 2.33. The van der Waals surface area contributed by atoms with Gasteiger partial charge in [0.2, 0.25) is 6.79 Å². The van der Waals surface area contributed by atoms with Crippen LogP contribution in [0.15, 0.2) is 34.0 Å². The SMILES string of the molecule is c1cc2c(cc1-c1nc(-c3csc(NC4=NCCCN4)n3)cs1)OCO2. The Kier molecular flexibility index (Phi) is 3.95. The van der Waals surface area contributed by atoms with E-state index in [2.05, 4.69) is 20.6 Å². The van der Waals surface area contributed by atoms with E-state index in [4.69, 9.17) is 14.5 Å². The van der Waals surface area contributed by atoms with Crippen LogP contribution in [0, 0.1) is 0 Å². The molecule has 3 aromatic rings. The molecule has 0 amide bonds. The zero-order valence-electron chi connectivity index (χ0n) is 13.7. The summed E-state index contributed by atoms with van der Waals surface area (Å²) < 4.78 is 10.8. The standard InChI is InChI=1S/C17H15N5O2S2/c1-4-18-16(19-5-1)22-17-21-12(8-26-17)11-7-25-15(20-11)10-2-3-13-14(6-10)24-9-23-13/h2-3,6-8H,1,4-5,9H2,(H2,18,19,21,22). The van der Waals surface area contributed by atoms with Gasteiger partial charge in [0.1, 0.15) is 16.4 Å². The molecule has 26 heavy (non-hydrogen) atoms. The second-order valence-electron chi connectivity index (χ2n) is 5.78. The lowest BCUT2D eigenvalue weighted by molar-refractivity contribution is 0.174. The third-order valence-electron chi connectivity index (χ3n) is 4.01. The molecule has 5 rings (SSSR count). The second-order valence-corrected chi connectivity index (χ2v) is 7.50. The fraction of sp³-hybridized carbons (Fsp3) is 0.235. The Morgan fingerprint density at radius 1 is 1.04 bits per heavy atom. The minimum Gasteiger partial charge on any atom is -0.454 e. The van der Waals surface area contributed by atoms with Crippen molar-refractivity contribution in [1.29, 1.82) is 0 Å². The van der Waals surface area contributed by atoms with Crippen LogP contribution >= 0.6 is 22.7 Å². The minimum absolute atomic E-state index is 0.274. The molecule has 0 bridgehead atoms. The largest absolute Gasteiger partial charge is 0.454 e. The molecular weight excluding hydrogens is 370 g/mol. The number of aromatic nitrogens is 2. The Labute approximate surface area is 157 Å². The first kappa shape index (κ1) is 15.6. The molecule has 1 aromatic carbocycles. The van der Waals surface area contributed by atoms with Gasteiger partial charge in [0, 0.05) is 29.4 Å². The Balaban J connectivity index is 1.36. The predicted molar refractivity (Wildman–Crippen MR) is 103 cm³/mol. The number of nitrogens with one attached hydrogen (secondary N) is 2. The van der Waals surface area contributed by atoms with Crippen molar-refractivity contribution in [1.82, 2.24) is 15.3 Å². The van der Waals surface area contributed by atoms with Gasteiger partial charge in [-0.15, -0.1) is 22.7 Å². The van der Waals surface area contributed by atoms with Gasteiger partial charge in [0.05, 0.1) is 0 Å². The molecule has 0 atom stereocenters. The summed E-state index contributed by atoms with van der Waals surface area (Å²) in [5, 5.41) is 12.2. The first-order valence-corrected chi connectivity index (χ1v) is 9.98. The number of benzene rings is 1. The van der Waals surface area contributed by atoms with E-state index in [9.17, 15) is 0 Å². The maximum absolute atomic E-state index is 5.45. The van der Waals surface area contributed by atoms with E-state index >= 15 is 0 Å². The predicted octanol–water partition coefficient (Wildman–Crippen LogP) is 3.42. The maximum atomic E-state index is 5.45. The summed E-state index contributed by atoms with van der Waals surface area (Å²) in [5.41, 5.74) is 2.74. The molecule has 2 aliphatic heterocycles. The fourth-order valence-electron chi connectivity index (χ4n) is 2.72. The van der Waals surface area contributed by atoms with Gasteiger partial charge in [-0.25, -0.2) is 9.97 Å². The molecular formula is C17H15N5O2S2. The van der Waals surface area contributed by atoms with Crippen LogP contribution in [-0.2, 0) is 0 Å². The Bertz CT molecular complexity index is 981. The van der Waals surface area contributed by atoms with Crippen LogP contribution < -0.4 is 20.1 Å². The van der Waals surface area contributed by atoms with Crippen LogP contribution in [-0.4, -0.2) is 35.8 Å². The van der Waals surface area contributed by atoms with Crippen molar-refractivity contribution < 1.29 is 9.47 Å². The van der Waals surface area contributed by atoms with Crippen LogP contribution in [0.3, 0.4) is 0 Å². The molecule has 0 aliphatic carbocycles. The number of rotatable bonds is 3. The molecule has 0 saturated heterocycles. The zero-order chi connectivity index (χ0) is 17.3. The highest BCUT2D eigenvalue weighted by molar-refractivity contribution is 7.14. The monoisotopic (exact) mass is 385 g/mol. The molecule has 0 fully saturated rings. The lowest BCUT2D eigenvalue weighted by Crippen LogP contribution is -2.35. The van der Waals surface area contributed by atoms with Crippen molar-refractivity contribution in [3.8, 4) is 33.5 Å². The van der Waals surface area contributed by atoms with Crippen molar-refractivity contribution in [2.24, 2.45) is 4.99 Å². The van der Waals surface area contributed by atoms with Gasteiger partial charge in [-0.2, -0.15) is 0 Å². The number of fused-ring (bicyclic) bond motifs is 1.